The summed E-state index contributed by atoms with van der Waals surface area (Å²) in [6.45, 7) is 13.2. The van der Waals surface area contributed by atoms with Gasteiger partial charge in [0, 0.05) is 0 Å². The molecule has 0 saturated carbocycles. The molecule has 2 rings (SSSR count). The van der Waals surface area contributed by atoms with E-state index in [4.69, 9.17) is 4.74 Å². The highest BCUT2D eigenvalue weighted by molar-refractivity contribution is 6.95. The second-order valence-electron chi connectivity index (χ2n) is 7.45. The Kier molecular flexibility index (Phi) is 6.01. The fourth-order valence-electron chi connectivity index (χ4n) is 2.96. The van der Waals surface area contributed by atoms with Gasteiger partial charge in [0.1, 0.15) is 0 Å². The van der Waals surface area contributed by atoms with E-state index < -0.39 is 8.07 Å². The number of benzene rings is 2. The molecule has 2 aromatic rings. The molecule has 132 valence electrons. The molecule has 0 saturated heterocycles. The van der Waals surface area contributed by atoms with Crippen molar-refractivity contribution in [2.45, 2.75) is 40.4 Å². The zero-order chi connectivity index (χ0) is 18.6. The van der Waals surface area contributed by atoms with Crippen molar-refractivity contribution in [3.63, 3.8) is 0 Å². The van der Waals surface area contributed by atoms with Crippen LogP contribution in [0.2, 0.25) is 19.6 Å². The first-order valence-corrected chi connectivity index (χ1v) is 12.3. The van der Waals surface area contributed by atoms with Crippen molar-refractivity contribution in [1.82, 2.24) is 0 Å². The van der Waals surface area contributed by atoms with Gasteiger partial charge in [0.2, 0.25) is 0 Å². The minimum absolute atomic E-state index is 0.232. The molecule has 0 unspecified atom stereocenters. The molecule has 0 aliphatic rings. The highest BCUT2D eigenvalue weighted by Crippen LogP contribution is 2.35. The highest BCUT2D eigenvalue weighted by atomic mass is 28.3. The van der Waals surface area contributed by atoms with Crippen molar-refractivity contribution in [3.05, 3.63) is 70.8 Å². The number of rotatable bonds is 5. The molecule has 0 aliphatic heterocycles. The van der Waals surface area contributed by atoms with Crippen LogP contribution in [0.1, 0.15) is 29.2 Å². The third kappa shape index (κ3) is 4.70. The molecular formula is C22H28O2Si. The van der Waals surface area contributed by atoms with Crippen LogP contribution in [0.15, 0.2) is 48.5 Å². The molecule has 0 aliphatic carbocycles. The van der Waals surface area contributed by atoms with Crippen molar-refractivity contribution in [2.24, 2.45) is 0 Å². The molecule has 0 radical (unpaired) electrons. The fraction of sp³-hybridized carbons (Fsp3) is 0.318. The van der Waals surface area contributed by atoms with Gasteiger partial charge >= 0.3 is 5.97 Å². The van der Waals surface area contributed by atoms with E-state index in [1.54, 1.807) is 0 Å². The first-order chi connectivity index (χ1) is 11.7. The molecule has 0 fully saturated rings. The summed E-state index contributed by atoms with van der Waals surface area (Å²) in [5.41, 5.74) is 5.16. The Balaban J connectivity index is 2.79. The van der Waals surface area contributed by atoms with Crippen molar-refractivity contribution < 1.29 is 9.53 Å². The van der Waals surface area contributed by atoms with Crippen molar-refractivity contribution in [3.8, 4) is 0 Å². The van der Waals surface area contributed by atoms with Gasteiger partial charge in [-0.25, -0.2) is 4.79 Å². The quantitative estimate of drug-likeness (QED) is 0.301. The molecule has 0 bridgehead atoms. The SMILES string of the molecule is CCOC(=O)/C(=C(/c1ccc(C)cc1)[Si](C)(C)C)c1ccc(C)cc1. The number of carbonyl (C=O) groups is 1. The summed E-state index contributed by atoms with van der Waals surface area (Å²) in [6, 6.07) is 16.6. The maximum atomic E-state index is 12.9. The maximum Gasteiger partial charge on any atom is 0.338 e. The summed E-state index contributed by atoms with van der Waals surface area (Å²) in [5.74, 6) is -0.232. The van der Waals surface area contributed by atoms with Crippen molar-refractivity contribution >= 4 is 24.8 Å². The van der Waals surface area contributed by atoms with E-state index in [1.165, 1.54) is 11.1 Å². The van der Waals surface area contributed by atoms with Crippen LogP contribution in [0.3, 0.4) is 0 Å². The molecule has 0 heterocycles. The van der Waals surface area contributed by atoms with Gasteiger partial charge in [0.05, 0.1) is 20.3 Å². The summed E-state index contributed by atoms with van der Waals surface area (Å²) >= 11 is 0. The summed E-state index contributed by atoms with van der Waals surface area (Å²) in [5, 5.41) is 1.15. The van der Waals surface area contributed by atoms with Gasteiger partial charge in [-0.15, -0.1) is 0 Å². The number of hydrogen-bond donors (Lipinski definition) is 0. The van der Waals surface area contributed by atoms with Crippen LogP contribution in [-0.2, 0) is 9.53 Å². The zero-order valence-corrected chi connectivity index (χ0v) is 17.1. The Hall–Kier alpha value is -2.13. The minimum atomic E-state index is -1.82. The molecule has 0 aromatic heterocycles. The van der Waals surface area contributed by atoms with Gasteiger partial charge in [-0.05, 0) is 37.1 Å². The molecule has 25 heavy (non-hydrogen) atoms. The van der Waals surface area contributed by atoms with Gasteiger partial charge < -0.3 is 4.74 Å². The van der Waals surface area contributed by atoms with Crippen LogP contribution in [0, 0.1) is 13.8 Å². The van der Waals surface area contributed by atoms with E-state index in [0.29, 0.717) is 12.2 Å². The van der Waals surface area contributed by atoms with Crippen molar-refractivity contribution in [1.29, 1.82) is 0 Å². The Morgan fingerprint density at radius 1 is 0.840 bits per heavy atom. The first-order valence-electron chi connectivity index (χ1n) is 8.80. The molecular weight excluding hydrogens is 324 g/mol. The van der Waals surface area contributed by atoms with Gasteiger partial charge in [0.15, 0.2) is 0 Å². The Morgan fingerprint density at radius 2 is 1.28 bits per heavy atom. The lowest BCUT2D eigenvalue weighted by atomic mass is 10.0. The van der Waals surface area contributed by atoms with E-state index in [9.17, 15) is 4.79 Å². The van der Waals surface area contributed by atoms with Crippen LogP contribution in [0.5, 0.6) is 0 Å². The van der Waals surface area contributed by atoms with Crippen molar-refractivity contribution in [2.75, 3.05) is 6.61 Å². The minimum Gasteiger partial charge on any atom is -0.462 e. The fourth-order valence-corrected chi connectivity index (χ4v) is 4.99. The molecule has 0 N–H and O–H groups in total. The lowest BCUT2D eigenvalue weighted by Gasteiger charge is -2.25. The molecule has 0 amide bonds. The third-order valence-corrected chi connectivity index (χ3v) is 6.20. The van der Waals surface area contributed by atoms with E-state index in [1.807, 2.05) is 31.2 Å². The second-order valence-corrected chi connectivity index (χ2v) is 12.5. The number of esters is 1. The normalized spacial score (nSPS) is 12.6. The van der Waals surface area contributed by atoms with Crippen LogP contribution < -0.4 is 0 Å². The average Bonchev–Trinajstić information content (AvgIpc) is 2.54. The van der Waals surface area contributed by atoms with E-state index >= 15 is 0 Å². The Bertz CT molecular complexity index is 763. The standard InChI is InChI=1S/C22H28O2Si/c1-7-24-22(23)20(18-12-8-16(2)9-13-18)21(25(4,5)6)19-14-10-17(3)11-15-19/h8-15H,7H2,1-6H3/b21-20-. The molecule has 0 spiro atoms. The summed E-state index contributed by atoms with van der Waals surface area (Å²) in [4.78, 5) is 12.9. The average molecular weight is 353 g/mol. The summed E-state index contributed by atoms with van der Waals surface area (Å²) in [6.07, 6.45) is 0. The van der Waals surface area contributed by atoms with Gasteiger partial charge in [0.25, 0.3) is 0 Å². The number of ether oxygens (including phenoxy) is 1. The second kappa shape index (κ2) is 7.83. The smallest absolute Gasteiger partial charge is 0.338 e. The third-order valence-electron chi connectivity index (χ3n) is 4.16. The van der Waals surface area contributed by atoms with E-state index in [2.05, 4.69) is 57.8 Å². The lowest BCUT2D eigenvalue weighted by molar-refractivity contribution is -0.136. The van der Waals surface area contributed by atoms with Gasteiger partial charge in [-0.2, -0.15) is 0 Å². The zero-order valence-electron chi connectivity index (χ0n) is 16.1. The monoisotopic (exact) mass is 352 g/mol. The molecule has 2 aromatic carbocycles. The summed E-state index contributed by atoms with van der Waals surface area (Å²) < 4.78 is 5.44. The van der Waals surface area contributed by atoms with Crippen LogP contribution in [-0.4, -0.2) is 20.7 Å². The van der Waals surface area contributed by atoms with Crippen LogP contribution in [0.25, 0.3) is 10.8 Å². The maximum absolute atomic E-state index is 12.9. The number of aryl methyl sites for hydroxylation is 2. The first kappa shape index (κ1) is 19.2. The Labute approximate surface area is 152 Å². The van der Waals surface area contributed by atoms with Gasteiger partial charge in [-0.3, -0.25) is 0 Å². The van der Waals surface area contributed by atoms with Crippen LogP contribution in [0.4, 0.5) is 0 Å². The molecule has 2 nitrogen and oxygen atoms in total. The largest absolute Gasteiger partial charge is 0.462 e. The lowest BCUT2D eigenvalue weighted by Crippen LogP contribution is -2.26. The van der Waals surface area contributed by atoms with Gasteiger partial charge in [-0.1, -0.05) is 79.3 Å². The van der Waals surface area contributed by atoms with Crippen LogP contribution >= 0.6 is 0 Å². The highest BCUT2D eigenvalue weighted by Gasteiger charge is 2.29. The topological polar surface area (TPSA) is 26.3 Å². The Morgan fingerprint density at radius 3 is 1.68 bits per heavy atom. The predicted octanol–water partition coefficient (Wildman–Crippen LogP) is 5.65. The van der Waals surface area contributed by atoms with E-state index in [0.717, 1.165) is 16.3 Å². The summed E-state index contributed by atoms with van der Waals surface area (Å²) in [7, 11) is -1.82. The van der Waals surface area contributed by atoms with E-state index in [-0.39, 0.29) is 5.97 Å². The predicted molar refractivity (Wildman–Crippen MR) is 109 cm³/mol. The molecule has 0 atom stereocenters. The number of hydrogen-bond acceptors (Lipinski definition) is 2. The molecule has 3 heteroatoms. The number of carbonyl (C=O) groups excluding carboxylic acids is 1.